The molecule has 1 rings (SSSR count). The number of hydrogen-bond acceptors (Lipinski definition) is 4. The summed E-state index contributed by atoms with van der Waals surface area (Å²) in [6, 6.07) is 3.83. The Labute approximate surface area is 97.1 Å². The number of phenolic OH excluding ortho intramolecular Hbond substituents is 1. The molecule has 0 aliphatic rings. The van der Waals surface area contributed by atoms with Crippen molar-refractivity contribution >= 4 is 11.9 Å². The van der Waals surface area contributed by atoms with Crippen molar-refractivity contribution < 1.29 is 29.6 Å². The van der Waals surface area contributed by atoms with E-state index in [1.54, 1.807) is 0 Å². The minimum absolute atomic E-state index is 0.0647. The molecule has 6 nitrogen and oxygen atoms in total. The topological polar surface area (TPSA) is 104 Å². The van der Waals surface area contributed by atoms with Crippen molar-refractivity contribution in [1.82, 2.24) is 0 Å². The van der Waals surface area contributed by atoms with Crippen molar-refractivity contribution in [1.29, 1.82) is 0 Å². The van der Waals surface area contributed by atoms with Gasteiger partial charge in [-0.15, -0.1) is 0 Å². The fraction of sp³-hybridized carbons (Fsp3) is 0.273. The first-order chi connectivity index (χ1) is 7.97. The Bertz CT molecular complexity index is 426. The highest BCUT2D eigenvalue weighted by Gasteiger charge is 2.28. The van der Waals surface area contributed by atoms with Crippen LogP contribution in [0.4, 0.5) is 0 Å². The van der Waals surface area contributed by atoms with Gasteiger partial charge in [-0.2, -0.15) is 0 Å². The molecule has 0 spiro atoms. The summed E-state index contributed by atoms with van der Waals surface area (Å²) in [5, 5.41) is 27.1. The molecule has 0 atom stereocenters. The summed E-state index contributed by atoms with van der Waals surface area (Å²) in [6.07, 6.45) is 0. The molecule has 92 valence electrons. The average Bonchev–Trinajstić information content (AvgIpc) is 2.22. The summed E-state index contributed by atoms with van der Waals surface area (Å²) in [5.74, 6) is -4.62. The van der Waals surface area contributed by atoms with Crippen LogP contribution in [-0.2, 0) is 20.9 Å². The predicted octanol–water partition coefficient (Wildman–Crippen LogP) is 0.791. The van der Waals surface area contributed by atoms with E-state index in [0.29, 0.717) is 5.56 Å². The zero-order valence-corrected chi connectivity index (χ0v) is 9.08. The van der Waals surface area contributed by atoms with E-state index in [-0.39, 0.29) is 17.9 Å². The Balaban J connectivity index is 3.17. The van der Waals surface area contributed by atoms with Crippen LogP contribution in [0.1, 0.15) is 17.0 Å². The molecular formula is C11H12O6. The van der Waals surface area contributed by atoms with Crippen LogP contribution in [0.2, 0.25) is 0 Å². The summed E-state index contributed by atoms with van der Waals surface area (Å²) in [6.45, 7) is 0.0750. The number of ether oxygens (including phenoxy) is 1. The second-order valence-corrected chi connectivity index (χ2v) is 3.43. The number of carboxylic acid groups (broad SMARTS) is 2. The van der Waals surface area contributed by atoms with Crippen molar-refractivity contribution in [2.75, 3.05) is 7.11 Å². The summed E-state index contributed by atoms with van der Waals surface area (Å²) >= 11 is 0. The molecule has 0 fully saturated rings. The van der Waals surface area contributed by atoms with Crippen LogP contribution >= 0.6 is 0 Å². The van der Waals surface area contributed by atoms with Gasteiger partial charge in [0.1, 0.15) is 5.75 Å². The number of carbonyl (C=O) groups is 2. The van der Waals surface area contributed by atoms with Crippen molar-refractivity contribution in [3.8, 4) is 5.75 Å². The molecular weight excluding hydrogens is 228 g/mol. The van der Waals surface area contributed by atoms with E-state index in [0.717, 1.165) is 0 Å². The van der Waals surface area contributed by atoms with Gasteiger partial charge in [-0.1, -0.05) is 6.07 Å². The highest BCUT2D eigenvalue weighted by Crippen LogP contribution is 2.24. The molecule has 0 heterocycles. The van der Waals surface area contributed by atoms with Gasteiger partial charge in [-0.3, -0.25) is 9.59 Å². The van der Waals surface area contributed by atoms with Crippen molar-refractivity contribution in [2.24, 2.45) is 0 Å². The summed E-state index contributed by atoms with van der Waals surface area (Å²) in [7, 11) is 1.41. The summed E-state index contributed by atoms with van der Waals surface area (Å²) < 4.78 is 4.81. The fourth-order valence-corrected chi connectivity index (χ4v) is 1.45. The third kappa shape index (κ3) is 2.94. The van der Waals surface area contributed by atoms with Gasteiger partial charge >= 0.3 is 11.9 Å². The molecule has 0 unspecified atom stereocenters. The first-order valence-corrected chi connectivity index (χ1v) is 4.73. The van der Waals surface area contributed by atoms with Crippen molar-refractivity contribution in [3.05, 3.63) is 29.3 Å². The van der Waals surface area contributed by atoms with Crippen LogP contribution in [0.15, 0.2) is 18.2 Å². The van der Waals surface area contributed by atoms with E-state index >= 15 is 0 Å². The maximum Gasteiger partial charge on any atom is 0.322 e. The summed E-state index contributed by atoms with van der Waals surface area (Å²) in [5.41, 5.74) is 0.437. The number of aromatic hydroxyl groups is 1. The van der Waals surface area contributed by atoms with E-state index in [4.69, 9.17) is 14.9 Å². The number of aliphatic carboxylic acids is 2. The Morgan fingerprint density at radius 3 is 2.35 bits per heavy atom. The Kier molecular flexibility index (Phi) is 4.06. The third-order valence-corrected chi connectivity index (χ3v) is 2.23. The minimum atomic E-state index is -1.65. The second kappa shape index (κ2) is 5.31. The number of hydrogen-bond donors (Lipinski definition) is 3. The van der Waals surface area contributed by atoms with Crippen LogP contribution in [0.25, 0.3) is 0 Å². The quantitative estimate of drug-likeness (QED) is 0.657. The van der Waals surface area contributed by atoms with E-state index in [2.05, 4.69) is 0 Å². The van der Waals surface area contributed by atoms with Gasteiger partial charge in [0, 0.05) is 12.7 Å². The van der Waals surface area contributed by atoms with Gasteiger partial charge < -0.3 is 20.1 Å². The SMILES string of the molecule is COCc1cc(C(C(=O)O)C(=O)O)ccc1O. The molecule has 0 radical (unpaired) electrons. The van der Waals surface area contributed by atoms with Gasteiger partial charge in [0.05, 0.1) is 6.61 Å². The zero-order chi connectivity index (χ0) is 13.0. The minimum Gasteiger partial charge on any atom is -0.508 e. The maximum atomic E-state index is 10.8. The molecule has 0 aliphatic heterocycles. The largest absolute Gasteiger partial charge is 0.508 e. The van der Waals surface area contributed by atoms with Gasteiger partial charge in [-0.05, 0) is 17.7 Å². The lowest BCUT2D eigenvalue weighted by Gasteiger charge is -2.10. The molecule has 0 aliphatic carbocycles. The van der Waals surface area contributed by atoms with E-state index in [1.165, 1.54) is 25.3 Å². The van der Waals surface area contributed by atoms with Crippen LogP contribution in [-0.4, -0.2) is 34.4 Å². The van der Waals surface area contributed by atoms with Crippen LogP contribution in [0, 0.1) is 0 Å². The maximum absolute atomic E-state index is 10.8. The van der Waals surface area contributed by atoms with E-state index < -0.39 is 17.9 Å². The van der Waals surface area contributed by atoms with E-state index in [1.807, 2.05) is 0 Å². The Hall–Kier alpha value is -2.08. The molecule has 0 amide bonds. The lowest BCUT2D eigenvalue weighted by atomic mass is 9.97. The molecule has 0 saturated heterocycles. The highest BCUT2D eigenvalue weighted by atomic mass is 16.5. The zero-order valence-electron chi connectivity index (χ0n) is 9.08. The van der Waals surface area contributed by atoms with Crippen LogP contribution in [0.3, 0.4) is 0 Å². The number of methoxy groups -OCH3 is 1. The normalized spacial score (nSPS) is 10.5. The monoisotopic (exact) mass is 240 g/mol. The van der Waals surface area contributed by atoms with Gasteiger partial charge in [0.2, 0.25) is 0 Å². The molecule has 6 heteroatoms. The molecule has 17 heavy (non-hydrogen) atoms. The number of rotatable bonds is 5. The molecule has 1 aromatic rings. The first kappa shape index (κ1) is 13.0. The standard InChI is InChI=1S/C11H12O6/c1-17-5-7-4-6(2-3-8(7)12)9(10(13)14)11(15)16/h2-4,9,12H,5H2,1H3,(H,13,14)(H,15,16). The fourth-order valence-electron chi connectivity index (χ4n) is 1.45. The van der Waals surface area contributed by atoms with Gasteiger partial charge in [-0.25, -0.2) is 0 Å². The Morgan fingerprint density at radius 1 is 1.29 bits per heavy atom. The summed E-state index contributed by atoms with van der Waals surface area (Å²) in [4.78, 5) is 21.6. The predicted molar refractivity (Wildman–Crippen MR) is 56.8 cm³/mol. The molecule has 0 saturated carbocycles. The van der Waals surface area contributed by atoms with Crippen LogP contribution in [0.5, 0.6) is 5.75 Å². The lowest BCUT2D eigenvalue weighted by Crippen LogP contribution is -2.21. The van der Waals surface area contributed by atoms with Crippen molar-refractivity contribution in [3.63, 3.8) is 0 Å². The third-order valence-electron chi connectivity index (χ3n) is 2.23. The van der Waals surface area contributed by atoms with Crippen molar-refractivity contribution in [2.45, 2.75) is 12.5 Å². The number of carboxylic acids is 2. The molecule has 1 aromatic carbocycles. The Morgan fingerprint density at radius 2 is 1.88 bits per heavy atom. The first-order valence-electron chi connectivity index (χ1n) is 4.73. The molecule has 0 aromatic heterocycles. The molecule has 0 bridgehead atoms. The average molecular weight is 240 g/mol. The molecule has 3 N–H and O–H groups in total. The van der Waals surface area contributed by atoms with E-state index in [9.17, 15) is 14.7 Å². The highest BCUT2D eigenvalue weighted by molar-refractivity contribution is 5.99. The number of phenols is 1. The van der Waals surface area contributed by atoms with Crippen LogP contribution < -0.4 is 0 Å². The van der Waals surface area contributed by atoms with Gasteiger partial charge in [0.25, 0.3) is 0 Å². The van der Waals surface area contributed by atoms with Gasteiger partial charge in [0.15, 0.2) is 5.92 Å². The lowest BCUT2D eigenvalue weighted by molar-refractivity contribution is -0.150. The second-order valence-electron chi connectivity index (χ2n) is 3.43. The smallest absolute Gasteiger partial charge is 0.322 e. The number of benzene rings is 1.